The van der Waals surface area contributed by atoms with Gasteiger partial charge in [-0.25, -0.2) is 0 Å². The van der Waals surface area contributed by atoms with Gasteiger partial charge in [0.15, 0.2) is 11.5 Å². The summed E-state index contributed by atoms with van der Waals surface area (Å²) in [4.78, 5) is 0. The van der Waals surface area contributed by atoms with E-state index in [1.54, 1.807) is 6.07 Å². The second kappa shape index (κ2) is 5.89. The molecule has 5 nitrogen and oxygen atoms in total. The first-order chi connectivity index (χ1) is 9.72. The Morgan fingerprint density at radius 2 is 2.00 bits per heavy atom. The lowest BCUT2D eigenvalue weighted by Gasteiger charge is -2.26. The summed E-state index contributed by atoms with van der Waals surface area (Å²) in [5, 5.41) is 22.9. The van der Waals surface area contributed by atoms with Gasteiger partial charge in [-0.2, -0.15) is 0 Å². The second-order valence-electron chi connectivity index (χ2n) is 5.65. The summed E-state index contributed by atoms with van der Waals surface area (Å²) in [7, 11) is 0. The molecule has 0 aromatic heterocycles. The Bertz CT molecular complexity index is 477. The quantitative estimate of drug-likeness (QED) is 0.783. The first-order valence-corrected chi connectivity index (χ1v) is 7.22. The molecule has 0 radical (unpaired) electrons. The fourth-order valence-corrected chi connectivity index (χ4v) is 2.97. The van der Waals surface area contributed by atoms with Crippen molar-refractivity contribution in [2.24, 2.45) is 5.92 Å². The molecule has 5 heteroatoms. The van der Waals surface area contributed by atoms with Crippen LogP contribution >= 0.6 is 0 Å². The van der Waals surface area contributed by atoms with E-state index < -0.39 is 0 Å². The first-order valence-electron chi connectivity index (χ1n) is 7.22. The van der Waals surface area contributed by atoms with Crippen molar-refractivity contribution in [1.82, 2.24) is 5.32 Å². The van der Waals surface area contributed by atoms with Crippen molar-refractivity contribution in [3.63, 3.8) is 0 Å². The van der Waals surface area contributed by atoms with E-state index in [1.807, 2.05) is 6.07 Å². The van der Waals surface area contributed by atoms with E-state index in [2.05, 4.69) is 5.32 Å². The maximum atomic E-state index is 9.94. The van der Waals surface area contributed by atoms with E-state index in [-0.39, 0.29) is 18.6 Å². The number of benzene rings is 1. The minimum Gasteiger partial charge on any atom is -0.507 e. The van der Waals surface area contributed by atoms with Crippen molar-refractivity contribution in [3.8, 4) is 17.2 Å². The van der Waals surface area contributed by atoms with Gasteiger partial charge in [-0.1, -0.05) is 6.42 Å². The van der Waals surface area contributed by atoms with Gasteiger partial charge in [-0.05, 0) is 37.8 Å². The van der Waals surface area contributed by atoms with Gasteiger partial charge in [0.05, 0.1) is 6.10 Å². The summed E-state index contributed by atoms with van der Waals surface area (Å²) in [6.07, 6.45) is 3.93. The molecule has 0 amide bonds. The number of phenolic OH excluding ortho intramolecular Hbond substituents is 1. The molecule has 3 rings (SSSR count). The van der Waals surface area contributed by atoms with Gasteiger partial charge < -0.3 is 25.0 Å². The molecule has 0 saturated heterocycles. The highest BCUT2D eigenvalue weighted by molar-refractivity contribution is 5.51. The van der Waals surface area contributed by atoms with Crippen LogP contribution in [0.1, 0.15) is 31.2 Å². The minimum absolute atomic E-state index is 0.144. The SMILES string of the molecule is Oc1cc2c(cc1CNCC1CCCC(O)C1)OCO2. The van der Waals surface area contributed by atoms with Crippen LogP contribution in [0.3, 0.4) is 0 Å². The molecular weight excluding hydrogens is 258 g/mol. The fraction of sp³-hybridized carbons (Fsp3) is 0.600. The summed E-state index contributed by atoms with van der Waals surface area (Å²) >= 11 is 0. The van der Waals surface area contributed by atoms with Crippen molar-refractivity contribution in [3.05, 3.63) is 17.7 Å². The van der Waals surface area contributed by atoms with Crippen molar-refractivity contribution in [1.29, 1.82) is 0 Å². The van der Waals surface area contributed by atoms with Gasteiger partial charge >= 0.3 is 0 Å². The van der Waals surface area contributed by atoms with Crippen LogP contribution in [0.25, 0.3) is 0 Å². The van der Waals surface area contributed by atoms with Crippen LogP contribution in [0.15, 0.2) is 12.1 Å². The molecule has 1 aromatic carbocycles. The van der Waals surface area contributed by atoms with E-state index in [1.165, 1.54) is 0 Å². The highest BCUT2D eigenvalue weighted by Gasteiger charge is 2.20. The molecule has 1 aliphatic heterocycles. The zero-order valence-electron chi connectivity index (χ0n) is 11.5. The largest absolute Gasteiger partial charge is 0.507 e. The lowest BCUT2D eigenvalue weighted by Crippen LogP contribution is -2.28. The summed E-state index contributed by atoms with van der Waals surface area (Å²) < 4.78 is 10.5. The van der Waals surface area contributed by atoms with Crippen LogP contribution in [-0.4, -0.2) is 29.7 Å². The molecule has 2 unspecified atom stereocenters. The average Bonchev–Trinajstić information content (AvgIpc) is 2.86. The predicted molar refractivity (Wildman–Crippen MR) is 73.9 cm³/mol. The summed E-state index contributed by atoms with van der Waals surface area (Å²) in [6, 6.07) is 3.42. The van der Waals surface area contributed by atoms with Gasteiger partial charge in [-0.3, -0.25) is 0 Å². The number of fused-ring (bicyclic) bond motifs is 1. The van der Waals surface area contributed by atoms with Crippen LogP contribution in [0.2, 0.25) is 0 Å². The summed E-state index contributed by atoms with van der Waals surface area (Å²) in [5.74, 6) is 2.04. The molecule has 110 valence electrons. The van der Waals surface area contributed by atoms with E-state index >= 15 is 0 Å². The van der Waals surface area contributed by atoms with Crippen molar-refractivity contribution >= 4 is 0 Å². The third-order valence-electron chi connectivity index (χ3n) is 4.08. The second-order valence-corrected chi connectivity index (χ2v) is 5.65. The molecule has 20 heavy (non-hydrogen) atoms. The zero-order chi connectivity index (χ0) is 13.9. The highest BCUT2D eigenvalue weighted by Crippen LogP contribution is 2.37. The third-order valence-corrected chi connectivity index (χ3v) is 4.08. The van der Waals surface area contributed by atoms with E-state index in [0.717, 1.165) is 37.8 Å². The maximum Gasteiger partial charge on any atom is 0.231 e. The van der Waals surface area contributed by atoms with Gasteiger partial charge in [-0.15, -0.1) is 0 Å². The van der Waals surface area contributed by atoms with Crippen LogP contribution in [0.4, 0.5) is 0 Å². The minimum atomic E-state index is -0.144. The Labute approximate surface area is 118 Å². The third kappa shape index (κ3) is 2.99. The number of hydrogen-bond acceptors (Lipinski definition) is 5. The molecule has 1 fully saturated rings. The van der Waals surface area contributed by atoms with Crippen LogP contribution in [0.5, 0.6) is 17.2 Å². The number of aliphatic hydroxyl groups is 1. The van der Waals surface area contributed by atoms with Crippen molar-refractivity contribution in [2.45, 2.75) is 38.3 Å². The highest BCUT2D eigenvalue weighted by atomic mass is 16.7. The standard InChI is InChI=1S/C15H21NO4/c17-12-3-1-2-10(4-12)7-16-8-11-5-14-15(6-13(11)18)20-9-19-14/h5-6,10,12,16-18H,1-4,7-9H2. The normalized spacial score (nSPS) is 24.9. The van der Waals surface area contributed by atoms with Crippen LogP contribution < -0.4 is 14.8 Å². The van der Waals surface area contributed by atoms with Gasteiger partial charge in [0.1, 0.15) is 5.75 Å². The predicted octanol–water partition coefficient (Wildman–Crippen LogP) is 1.76. The molecule has 2 atom stereocenters. The molecular formula is C15H21NO4. The first kappa shape index (κ1) is 13.5. The monoisotopic (exact) mass is 279 g/mol. The Balaban J connectivity index is 1.53. The number of ether oxygens (including phenoxy) is 2. The molecule has 2 aliphatic rings. The molecule has 1 heterocycles. The Hall–Kier alpha value is -1.46. The number of hydrogen-bond donors (Lipinski definition) is 3. The van der Waals surface area contributed by atoms with Crippen molar-refractivity contribution in [2.75, 3.05) is 13.3 Å². The van der Waals surface area contributed by atoms with Gasteiger partial charge in [0.25, 0.3) is 0 Å². The summed E-state index contributed by atoms with van der Waals surface area (Å²) in [6.45, 7) is 1.67. The fourth-order valence-electron chi connectivity index (χ4n) is 2.97. The maximum absolute atomic E-state index is 9.94. The van der Waals surface area contributed by atoms with Crippen LogP contribution in [0, 0.1) is 5.92 Å². The molecule has 1 aromatic rings. The molecule has 1 saturated carbocycles. The number of aromatic hydroxyl groups is 1. The van der Waals surface area contributed by atoms with E-state index in [4.69, 9.17) is 9.47 Å². The average molecular weight is 279 g/mol. The van der Waals surface area contributed by atoms with E-state index in [9.17, 15) is 10.2 Å². The Morgan fingerprint density at radius 1 is 1.20 bits per heavy atom. The lowest BCUT2D eigenvalue weighted by atomic mass is 9.87. The molecule has 1 aliphatic carbocycles. The smallest absolute Gasteiger partial charge is 0.231 e. The Kier molecular flexibility index (Phi) is 3.98. The van der Waals surface area contributed by atoms with Gasteiger partial charge in [0.2, 0.25) is 6.79 Å². The van der Waals surface area contributed by atoms with Crippen molar-refractivity contribution < 1.29 is 19.7 Å². The number of nitrogens with one attached hydrogen (secondary N) is 1. The number of aliphatic hydroxyl groups excluding tert-OH is 1. The summed E-state index contributed by atoms with van der Waals surface area (Å²) in [5.41, 5.74) is 0.811. The molecule has 0 spiro atoms. The topological polar surface area (TPSA) is 71.0 Å². The lowest BCUT2D eigenvalue weighted by molar-refractivity contribution is 0.101. The molecule has 0 bridgehead atoms. The Morgan fingerprint density at radius 3 is 2.80 bits per heavy atom. The zero-order valence-corrected chi connectivity index (χ0v) is 11.5. The van der Waals surface area contributed by atoms with Crippen LogP contribution in [-0.2, 0) is 6.54 Å². The van der Waals surface area contributed by atoms with E-state index in [0.29, 0.717) is 24.0 Å². The van der Waals surface area contributed by atoms with Gasteiger partial charge in [0, 0.05) is 18.2 Å². The molecule has 3 N–H and O–H groups in total. The number of phenols is 1. The number of rotatable bonds is 4.